The second-order valence-corrected chi connectivity index (χ2v) is 4.04. The van der Waals surface area contributed by atoms with E-state index in [1.807, 2.05) is 11.8 Å². The Hall–Kier alpha value is 0.660. The van der Waals surface area contributed by atoms with E-state index in [1.165, 1.54) is 12.2 Å². The first-order chi connectivity index (χ1) is 5.35. The second-order valence-electron chi connectivity index (χ2n) is 2.52. The smallest absolute Gasteiger partial charge is 0.0552 e. The summed E-state index contributed by atoms with van der Waals surface area (Å²) < 4.78 is 4.95. The van der Waals surface area contributed by atoms with Crippen LogP contribution in [0, 0.1) is 5.92 Å². The number of thiol groups is 1. The first-order valence-corrected chi connectivity index (χ1v) is 5.81. The zero-order valence-electron chi connectivity index (χ0n) is 7.38. The lowest BCUT2D eigenvalue weighted by molar-refractivity contribution is 0.218. The molecule has 0 spiro atoms. The molecule has 0 amide bonds. The van der Waals surface area contributed by atoms with E-state index in [-0.39, 0.29) is 0 Å². The first kappa shape index (κ1) is 11.7. The molecule has 0 rings (SSSR count). The molecule has 0 aliphatic rings. The van der Waals surface area contributed by atoms with Gasteiger partial charge in [0.1, 0.15) is 0 Å². The number of methoxy groups -OCH3 is 1. The molecule has 0 aromatic carbocycles. The highest BCUT2D eigenvalue weighted by atomic mass is 32.2. The number of hydrogen-bond acceptors (Lipinski definition) is 3. The van der Waals surface area contributed by atoms with Crippen molar-refractivity contribution in [1.29, 1.82) is 0 Å². The third kappa shape index (κ3) is 7.04. The van der Waals surface area contributed by atoms with E-state index < -0.39 is 0 Å². The first-order valence-electron chi connectivity index (χ1n) is 4.02. The molecule has 0 aromatic rings. The summed E-state index contributed by atoms with van der Waals surface area (Å²) in [6, 6.07) is 0. The van der Waals surface area contributed by atoms with Gasteiger partial charge >= 0.3 is 0 Å². The Morgan fingerprint density at radius 1 is 1.55 bits per heavy atom. The van der Waals surface area contributed by atoms with E-state index in [0.29, 0.717) is 0 Å². The fourth-order valence-corrected chi connectivity index (χ4v) is 2.39. The molecule has 3 heteroatoms. The standard InChI is InChI=1S/C8H18OS2/c1-3-8(6-10)7-11-5-4-9-2/h8,10H,3-7H2,1-2H3. The summed E-state index contributed by atoms with van der Waals surface area (Å²) in [6.45, 7) is 3.09. The molecule has 1 unspecified atom stereocenters. The summed E-state index contributed by atoms with van der Waals surface area (Å²) in [5, 5.41) is 0. The van der Waals surface area contributed by atoms with Crippen molar-refractivity contribution in [2.75, 3.05) is 31.0 Å². The van der Waals surface area contributed by atoms with E-state index in [2.05, 4.69) is 19.6 Å². The Labute approximate surface area is 79.7 Å². The molecule has 0 N–H and O–H groups in total. The largest absolute Gasteiger partial charge is 0.384 e. The van der Waals surface area contributed by atoms with Crippen molar-refractivity contribution in [2.45, 2.75) is 13.3 Å². The average molecular weight is 194 g/mol. The van der Waals surface area contributed by atoms with Gasteiger partial charge in [-0.3, -0.25) is 0 Å². The van der Waals surface area contributed by atoms with E-state index in [4.69, 9.17) is 4.74 Å². The molecular weight excluding hydrogens is 176 g/mol. The second kappa shape index (κ2) is 8.75. The maximum Gasteiger partial charge on any atom is 0.0552 e. The average Bonchev–Trinajstić information content (AvgIpc) is 2.05. The fraction of sp³-hybridized carbons (Fsp3) is 1.00. The molecule has 0 saturated carbocycles. The van der Waals surface area contributed by atoms with Crippen molar-refractivity contribution < 1.29 is 4.74 Å². The lowest BCUT2D eigenvalue weighted by Gasteiger charge is -2.10. The summed E-state index contributed by atoms with van der Waals surface area (Å²) in [5.41, 5.74) is 0. The molecule has 0 saturated heterocycles. The number of rotatable bonds is 7. The molecule has 11 heavy (non-hydrogen) atoms. The van der Waals surface area contributed by atoms with Crippen LogP contribution in [0.1, 0.15) is 13.3 Å². The highest BCUT2D eigenvalue weighted by molar-refractivity contribution is 7.99. The van der Waals surface area contributed by atoms with E-state index in [1.54, 1.807) is 7.11 Å². The van der Waals surface area contributed by atoms with Gasteiger partial charge in [0.05, 0.1) is 6.61 Å². The van der Waals surface area contributed by atoms with Gasteiger partial charge in [-0.2, -0.15) is 24.4 Å². The SMILES string of the molecule is CCC(CS)CSCCOC. The van der Waals surface area contributed by atoms with Crippen LogP contribution in [-0.2, 0) is 4.74 Å². The van der Waals surface area contributed by atoms with Gasteiger partial charge in [0, 0.05) is 12.9 Å². The van der Waals surface area contributed by atoms with E-state index in [0.717, 1.165) is 24.0 Å². The molecule has 1 atom stereocenters. The minimum atomic E-state index is 0.778. The van der Waals surface area contributed by atoms with Gasteiger partial charge in [-0.15, -0.1) is 0 Å². The molecule has 0 aromatic heterocycles. The molecule has 1 nitrogen and oxygen atoms in total. The van der Waals surface area contributed by atoms with Gasteiger partial charge < -0.3 is 4.74 Å². The molecule has 0 aliphatic carbocycles. The number of ether oxygens (including phenoxy) is 1. The minimum Gasteiger partial charge on any atom is -0.384 e. The van der Waals surface area contributed by atoms with Crippen molar-refractivity contribution in [3.8, 4) is 0 Å². The van der Waals surface area contributed by atoms with Crippen LogP contribution in [-0.4, -0.2) is 31.0 Å². The fourth-order valence-electron chi connectivity index (χ4n) is 0.692. The lowest BCUT2D eigenvalue weighted by atomic mass is 10.2. The maximum atomic E-state index is 4.95. The van der Waals surface area contributed by atoms with Gasteiger partial charge in [-0.25, -0.2) is 0 Å². The van der Waals surface area contributed by atoms with Crippen LogP contribution >= 0.6 is 24.4 Å². The number of hydrogen-bond donors (Lipinski definition) is 1. The summed E-state index contributed by atoms with van der Waals surface area (Å²) in [5.74, 6) is 4.13. The van der Waals surface area contributed by atoms with Crippen LogP contribution in [0.25, 0.3) is 0 Å². The molecule has 0 heterocycles. The van der Waals surface area contributed by atoms with Crippen LogP contribution in [0.15, 0.2) is 0 Å². The van der Waals surface area contributed by atoms with E-state index >= 15 is 0 Å². The van der Waals surface area contributed by atoms with Gasteiger partial charge in [-0.1, -0.05) is 13.3 Å². The molecular formula is C8H18OS2. The summed E-state index contributed by atoms with van der Waals surface area (Å²) in [7, 11) is 1.75. The Bertz CT molecular complexity index is 74.5. The van der Waals surface area contributed by atoms with Crippen molar-refractivity contribution >= 4 is 24.4 Å². The van der Waals surface area contributed by atoms with Crippen LogP contribution in [0.2, 0.25) is 0 Å². The van der Waals surface area contributed by atoms with Crippen molar-refractivity contribution in [1.82, 2.24) is 0 Å². The summed E-state index contributed by atoms with van der Waals surface area (Å²) in [4.78, 5) is 0. The molecule has 0 fully saturated rings. The van der Waals surface area contributed by atoms with E-state index in [9.17, 15) is 0 Å². The van der Waals surface area contributed by atoms with Gasteiger partial charge in [0.25, 0.3) is 0 Å². The van der Waals surface area contributed by atoms with Gasteiger partial charge in [0.15, 0.2) is 0 Å². The normalized spacial score (nSPS) is 13.4. The predicted molar refractivity (Wildman–Crippen MR) is 56.8 cm³/mol. The van der Waals surface area contributed by atoms with Crippen molar-refractivity contribution in [3.63, 3.8) is 0 Å². The van der Waals surface area contributed by atoms with Crippen molar-refractivity contribution in [2.24, 2.45) is 5.92 Å². The lowest BCUT2D eigenvalue weighted by Crippen LogP contribution is -2.05. The Kier molecular flexibility index (Phi) is 9.28. The van der Waals surface area contributed by atoms with Gasteiger partial charge in [-0.05, 0) is 17.4 Å². The zero-order valence-corrected chi connectivity index (χ0v) is 9.09. The summed E-state index contributed by atoms with van der Waals surface area (Å²) in [6.07, 6.45) is 1.24. The predicted octanol–water partition coefficient (Wildman–Crippen LogP) is 2.32. The summed E-state index contributed by atoms with van der Waals surface area (Å²) >= 11 is 6.24. The molecule has 68 valence electrons. The Morgan fingerprint density at radius 3 is 2.73 bits per heavy atom. The minimum absolute atomic E-state index is 0.778. The molecule has 0 aliphatic heterocycles. The van der Waals surface area contributed by atoms with Crippen LogP contribution in [0.5, 0.6) is 0 Å². The molecule has 0 bridgehead atoms. The van der Waals surface area contributed by atoms with Crippen LogP contribution in [0.4, 0.5) is 0 Å². The highest BCUT2D eigenvalue weighted by Crippen LogP contribution is 2.12. The Morgan fingerprint density at radius 2 is 2.27 bits per heavy atom. The quantitative estimate of drug-likeness (QED) is 0.492. The molecule has 0 radical (unpaired) electrons. The Balaban J connectivity index is 3.07. The zero-order chi connectivity index (χ0) is 8.53. The third-order valence-corrected chi connectivity index (χ3v) is 3.30. The topological polar surface area (TPSA) is 9.23 Å². The van der Waals surface area contributed by atoms with Gasteiger partial charge in [0.2, 0.25) is 0 Å². The third-order valence-electron chi connectivity index (χ3n) is 1.62. The highest BCUT2D eigenvalue weighted by Gasteiger charge is 2.02. The van der Waals surface area contributed by atoms with Crippen molar-refractivity contribution in [3.05, 3.63) is 0 Å². The van der Waals surface area contributed by atoms with Crippen LogP contribution in [0.3, 0.4) is 0 Å². The monoisotopic (exact) mass is 194 g/mol. The number of thioether (sulfide) groups is 1. The van der Waals surface area contributed by atoms with Crippen LogP contribution < -0.4 is 0 Å². The maximum absolute atomic E-state index is 4.95.